The number of hydrogen-bond acceptors (Lipinski definition) is 3. The lowest BCUT2D eigenvalue weighted by Gasteiger charge is -2.19. The van der Waals surface area contributed by atoms with Crippen molar-refractivity contribution in [3.8, 4) is 39.4 Å². The monoisotopic (exact) mass is 661 g/mol. The number of furan rings is 2. The standard InChI is InChI=1S/C49H27NO2/c50-28-35-13-8-16-43-49(35)42-26-40-36-21-20-34(25-44(36)52-45(40)27-46(42)51-43)48-38-15-7-6-14-37(38)47(30-10-2-1-3-11-30)39-22-19-33(24-41(39)48)32-18-17-29-9-4-5-12-31(29)23-32/h1-27H. The number of fused-ring (bicyclic) bond motifs is 9. The number of nitriles is 1. The molecule has 0 spiro atoms. The van der Waals surface area contributed by atoms with E-state index >= 15 is 0 Å². The third-order valence-corrected chi connectivity index (χ3v) is 10.7. The van der Waals surface area contributed by atoms with Crippen molar-refractivity contribution in [1.29, 1.82) is 5.26 Å². The van der Waals surface area contributed by atoms with Gasteiger partial charge in [-0.15, -0.1) is 0 Å². The molecule has 0 N–H and O–H groups in total. The lowest BCUT2D eigenvalue weighted by Crippen LogP contribution is -1.91. The fraction of sp³-hybridized carbons (Fsp3) is 0. The van der Waals surface area contributed by atoms with Crippen LogP contribution in [0.15, 0.2) is 173 Å². The fourth-order valence-electron chi connectivity index (χ4n) is 8.30. The van der Waals surface area contributed by atoms with Crippen molar-refractivity contribution in [3.05, 3.63) is 169 Å². The van der Waals surface area contributed by atoms with Crippen LogP contribution in [0.3, 0.4) is 0 Å². The zero-order valence-electron chi connectivity index (χ0n) is 27.9. The van der Waals surface area contributed by atoms with Crippen LogP contribution in [-0.2, 0) is 0 Å². The smallest absolute Gasteiger partial charge is 0.139 e. The van der Waals surface area contributed by atoms with E-state index in [0.29, 0.717) is 16.7 Å². The zero-order chi connectivity index (χ0) is 34.3. The molecule has 0 radical (unpaired) electrons. The molecule has 0 fully saturated rings. The van der Waals surface area contributed by atoms with E-state index in [-0.39, 0.29) is 0 Å². The predicted molar refractivity (Wildman–Crippen MR) is 215 cm³/mol. The van der Waals surface area contributed by atoms with Gasteiger partial charge in [0.15, 0.2) is 0 Å². The van der Waals surface area contributed by atoms with E-state index in [4.69, 9.17) is 8.83 Å². The van der Waals surface area contributed by atoms with E-state index in [2.05, 4.69) is 146 Å². The van der Waals surface area contributed by atoms with Gasteiger partial charge in [0, 0.05) is 27.6 Å². The zero-order valence-corrected chi connectivity index (χ0v) is 27.9. The van der Waals surface area contributed by atoms with Gasteiger partial charge < -0.3 is 8.83 Å². The summed E-state index contributed by atoms with van der Waals surface area (Å²) in [5.74, 6) is 0. The quantitative estimate of drug-likeness (QED) is 0.177. The highest BCUT2D eigenvalue weighted by Gasteiger charge is 2.20. The molecule has 3 heteroatoms. The molecule has 0 aliphatic heterocycles. The summed E-state index contributed by atoms with van der Waals surface area (Å²) in [5, 5.41) is 20.9. The first-order valence-electron chi connectivity index (χ1n) is 17.5. The van der Waals surface area contributed by atoms with Crippen LogP contribution in [0.2, 0.25) is 0 Å². The Hall–Kier alpha value is -7.15. The molecule has 0 bridgehead atoms. The highest BCUT2D eigenvalue weighted by atomic mass is 16.3. The summed E-state index contributed by atoms with van der Waals surface area (Å²) < 4.78 is 12.8. The third kappa shape index (κ3) is 4.19. The topological polar surface area (TPSA) is 50.1 Å². The van der Waals surface area contributed by atoms with E-state index in [1.165, 1.54) is 60.1 Å². The normalized spacial score (nSPS) is 11.8. The largest absolute Gasteiger partial charge is 0.456 e. The molecule has 0 amide bonds. The molecule has 11 rings (SSSR count). The lowest BCUT2D eigenvalue weighted by molar-refractivity contribution is 0.656. The van der Waals surface area contributed by atoms with Crippen LogP contribution in [0, 0.1) is 11.3 Å². The van der Waals surface area contributed by atoms with Gasteiger partial charge in [-0.1, -0.05) is 115 Å². The van der Waals surface area contributed by atoms with Crippen LogP contribution in [0.5, 0.6) is 0 Å². The van der Waals surface area contributed by atoms with Crippen LogP contribution < -0.4 is 0 Å². The van der Waals surface area contributed by atoms with Crippen LogP contribution in [0.1, 0.15) is 5.56 Å². The molecule has 0 atom stereocenters. The first-order chi connectivity index (χ1) is 25.7. The second-order valence-corrected chi connectivity index (χ2v) is 13.5. The molecule has 240 valence electrons. The second-order valence-electron chi connectivity index (χ2n) is 13.5. The molecular formula is C49H27NO2. The molecule has 0 saturated heterocycles. The van der Waals surface area contributed by atoms with E-state index in [9.17, 15) is 5.26 Å². The van der Waals surface area contributed by atoms with Gasteiger partial charge in [0.1, 0.15) is 22.3 Å². The summed E-state index contributed by atoms with van der Waals surface area (Å²) in [4.78, 5) is 0. The van der Waals surface area contributed by atoms with Gasteiger partial charge >= 0.3 is 0 Å². The Morgan fingerprint density at radius 2 is 0.981 bits per heavy atom. The van der Waals surface area contributed by atoms with Gasteiger partial charge in [-0.25, -0.2) is 0 Å². The Morgan fingerprint density at radius 3 is 1.83 bits per heavy atom. The van der Waals surface area contributed by atoms with E-state index in [1.807, 2.05) is 24.3 Å². The summed E-state index contributed by atoms with van der Waals surface area (Å²) in [6.07, 6.45) is 0. The summed E-state index contributed by atoms with van der Waals surface area (Å²) in [5.41, 5.74) is 10.6. The van der Waals surface area contributed by atoms with Crippen LogP contribution in [0.4, 0.5) is 0 Å². The van der Waals surface area contributed by atoms with Gasteiger partial charge in [-0.3, -0.25) is 0 Å². The first kappa shape index (κ1) is 28.7. The summed E-state index contributed by atoms with van der Waals surface area (Å²) in [6, 6.07) is 60.2. The molecule has 0 saturated carbocycles. The van der Waals surface area contributed by atoms with Gasteiger partial charge in [0.2, 0.25) is 0 Å². The van der Waals surface area contributed by atoms with Crippen LogP contribution in [0.25, 0.3) is 110 Å². The summed E-state index contributed by atoms with van der Waals surface area (Å²) in [7, 11) is 0. The summed E-state index contributed by atoms with van der Waals surface area (Å²) >= 11 is 0. The number of rotatable bonds is 3. The maximum Gasteiger partial charge on any atom is 0.139 e. The Morgan fingerprint density at radius 1 is 0.346 bits per heavy atom. The second kappa shape index (κ2) is 10.9. The molecule has 2 heterocycles. The maximum atomic E-state index is 9.84. The van der Waals surface area contributed by atoms with Crippen molar-refractivity contribution in [2.75, 3.05) is 0 Å². The summed E-state index contributed by atoms with van der Waals surface area (Å²) in [6.45, 7) is 0. The molecule has 11 aromatic rings. The SMILES string of the molecule is N#Cc1cccc2oc3cc4oc5cc(-c6c7ccccc7c(-c7ccccc7)c7ccc(-c8ccc9ccccc9c8)cc67)ccc5c4cc3c12. The average molecular weight is 662 g/mol. The molecule has 9 aromatic carbocycles. The van der Waals surface area contributed by atoms with Crippen molar-refractivity contribution in [1.82, 2.24) is 0 Å². The van der Waals surface area contributed by atoms with E-state index in [1.54, 1.807) is 0 Å². The molecule has 2 aromatic heterocycles. The van der Waals surface area contributed by atoms with Crippen molar-refractivity contribution in [2.24, 2.45) is 0 Å². The predicted octanol–water partition coefficient (Wildman–Crippen LogP) is 13.8. The number of nitrogens with zero attached hydrogens (tertiary/aromatic N) is 1. The average Bonchev–Trinajstić information content (AvgIpc) is 3.75. The highest BCUT2D eigenvalue weighted by molar-refractivity contribution is 6.23. The number of benzene rings is 9. The van der Waals surface area contributed by atoms with E-state index < -0.39 is 0 Å². The fourth-order valence-corrected chi connectivity index (χ4v) is 8.30. The Labute approximate surface area is 298 Å². The van der Waals surface area contributed by atoms with Crippen LogP contribution in [-0.4, -0.2) is 0 Å². The maximum absolute atomic E-state index is 9.84. The Kier molecular flexibility index (Phi) is 6.02. The molecular weight excluding hydrogens is 635 g/mol. The Bertz CT molecular complexity index is 3300. The van der Waals surface area contributed by atoms with Crippen molar-refractivity contribution in [2.45, 2.75) is 0 Å². The molecule has 52 heavy (non-hydrogen) atoms. The third-order valence-electron chi connectivity index (χ3n) is 10.7. The molecule has 0 aliphatic rings. The minimum absolute atomic E-state index is 0.603. The molecule has 3 nitrogen and oxygen atoms in total. The van der Waals surface area contributed by atoms with Crippen LogP contribution >= 0.6 is 0 Å². The molecule has 0 aliphatic carbocycles. The minimum Gasteiger partial charge on any atom is -0.456 e. The number of hydrogen-bond donors (Lipinski definition) is 0. The van der Waals surface area contributed by atoms with Crippen molar-refractivity contribution >= 4 is 76.2 Å². The van der Waals surface area contributed by atoms with Crippen molar-refractivity contribution < 1.29 is 8.83 Å². The molecule has 0 unspecified atom stereocenters. The first-order valence-corrected chi connectivity index (χ1v) is 17.5. The minimum atomic E-state index is 0.603. The van der Waals surface area contributed by atoms with Gasteiger partial charge in [-0.05, 0) is 108 Å². The van der Waals surface area contributed by atoms with Crippen molar-refractivity contribution in [3.63, 3.8) is 0 Å². The highest BCUT2D eigenvalue weighted by Crippen LogP contribution is 2.46. The van der Waals surface area contributed by atoms with E-state index in [0.717, 1.165) is 38.3 Å². The Balaban J connectivity index is 1.19. The van der Waals surface area contributed by atoms with Gasteiger partial charge in [-0.2, -0.15) is 5.26 Å². The van der Waals surface area contributed by atoms with Gasteiger partial charge in [0.05, 0.1) is 11.6 Å². The van der Waals surface area contributed by atoms with Gasteiger partial charge in [0.25, 0.3) is 0 Å². The lowest BCUT2D eigenvalue weighted by atomic mass is 9.84.